The maximum Gasteiger partial charge on any atom is 0.359 e. The molecule has 0 saturated heterocycles. The largest absolute Gasteiger partial charge is 0.710 e. The van der Waals surface area contributed by atoms with Crippen molar-refractivity contribution in [1.29, 1.82) is 0 Å². The van der Waals surface area contributed by atoms with Crippen LogP contribution in [-0.2, 0) is 7.05 Å². The highest BCUT2D eigenvalue weighted by Gasteiger charge is 2.28. The smallest absolute Gasteiger partial charge is 0.359 e. The predicted octanol–water partition coefficient (Wildman–Crippen LogP) is 1.49. The molecule has 2 aromatic carbocycles. The molecule has 0 spiro atoms. The molecule has 2 aromatic rings. The molecule has 0 amide bonds. The Morgan fingerprint density at radius 3 is 2.37 bits per heavy atom. The van der Waals surface area contributed by atoms with Crippen LogP contribution in [0.5, 0.6) is 0 Å². The Morgan fingerprint density at radius 1 is 1.04 bits per heavy atom. The van der Waals surface area contributed by atoms with Crippen molar-refractivity contribution in [2.75, 3.05) is 0 Å². The van der Waals surface area contributed by atoms with Gasteiger partial charge in [-0.05, 0) is 36.4 Å². The molecule has 2 aliphatic heterocycles. The zero-order chi connectivity index (χ0) is 19.1. The number of rotatable bonds is 2. The van der Waals surface area contributed by atoms with E-state index in [-0.39, 0.29) is 17.3 Å². The molecule has 2 heterocycles. The van der Waals surface area contributed by atoms with E-state index in [0.717, 1.165) is 9.04 Å². The Morgan fingerprint density at radius 2 is 1.70 bits per heavy atom. The van der Waals surface area contributed by atoms with Crippen molar-refractivity contribution < 1.29 is 4.73 Å². The van der Waals surface area contributed by atoms with Crippen molar-refractivity contribution in [3.05, 3.63) is 85.1 Å². The van der Waals surface area contributed by atoms with Crippen LogP contribution < -0.4 is 16.0 Å². The lowest BCUT2D eigenvalue weighted by Crippen LogP contribution is -2.47. The molecule has 9 heteroatoms. The van der Waals surface area contributed by atoms with Gasteiger partial charge in [0.15, 0.2) is 0 Å². The second-order valence-electron chi connectivity index (χ2n) is 5.79. The average molecular weight is 426 g/mol. The highest BCUT2D eigenvalue weighted by atomic mass is 79.9. The summed E-state index contributed by atoms with van der Waals surface area (Å²) in [4.78, 5) is 29.3. The number of fused-ring (bicyclic) bond motifs is 1. The van der Waals surface area contributed by atoms with Crippen molar-refractivity contribution in [3.63, 3.8) is 0 Å². The summed E-state index contributed by atoms with van der Waals surface area (Å²) in [5.74, 6) is -0.0392. The van der Waals surface area contributed by atoms with Crippen LogP contribution in [0.1, 0.15) is 0 Å². The lowest BCUT2D eigenvalue weighted by atomic mass is 10.2. The molecule has 0 bridgehead atoms. The van der Waals surface area contributed by atoms with Gasteiger partial charge in [0.2, 0.25) is 11.5 Å². The van der Waals surface area contributed by atoms with E-state index >= 15 is 0 Å². The fourth-order valence-electron chi connectivity index (χ4n) is 2.80. The number of benzene rings is 2. The molecule has 0 saturated carbocycles. The van der Waals surface area contributed by atoms with E-state index in [9.17, 15) is 14.8 Å². The van der Waals surface area contributed by atoms with Gasteiger partial charge in [-0.1, -0.05) is 34.1 Å². The molecular weight excluding hydrogens is 414 g/mol. The van der Waals surface area contributed by atoms with Gasteiger partial charge in [0.05, 0.1) is 23.4 Å². The van der Waals surface area contributed by atoms with Gasteiger partial charge in [0.25, 0.3) is 0 Å². The third-order valence-corrected chi connectivity index (χ3v) is 4.60. The Kier molecular flexibility index (Phi) is 4.08. The Bertz CT molecular complexity index is 1230. The summed E-state index contributed by atoms with van der Waals surface area (Å²) in [6.07, 6.45) is 0. The number of hydrogen-bond acceptors (Lipinski definition) is 5. The maximum atomic E-state index is 13.0. The first-order valence-corrected chi connectivity index (χ1v) is 8.71. The predicted molar refractivity (Wildman–Crippen MR) is 102 cm³/mol. The lowest BCUT2D eigenvalue weighted by Gasteiger charge is -2.15. The molecule has 0 aliphatic carbocycles. The van der Waals surface area contributed by atoms with E-state index in [0.29, 0.717) is 16.0 Å². The summed E-state index contributed by atoms with van der Waals surface area (Å²) in [6.45, 7) is 0. The van der Waals surface area contributed by atoms with E-state index in [1.54, 1.807) is 54.6 Å². The minimum absolute atomic E-state index is 0.0367. The van der Waals surface area contributed by atoms with Crippen LogP contribution in [0.2, 0.25) is 0 Å². The first-order valence-electron chi connectivity index (χ1n) is 7.92. The molecule has 0 N–H and O–H groups in total. The fraction of sp³-hybridized carbons (Fsp3) is 0.0556. The van der Waals surface area contributed by atoms with Gasteiger partial charge in [0.1, 0.15) is 0 Å². The molecule has 4 rings (SSSR count). The second-order valence-corrected chi connectivity index (χ2v) is 6.71. The van der Waals surface area contributed by atoms with Crippen LogP contribution in [0.4, 0.5) is 0 Å². The number of para-hydroxylation sites is 1. The molecule has 0 aromatic heterocycles. The van der Waals surface area contributed by atoms with Crippen molar-refractivity contribution in [1.82, 2.24) is 19.3 Å². The maximum absolute atomic E-state index is 13.0. The standard InChI is InChI=1S/C18H12BrN5O3/c1-22-16-14(24(27)15(21-22)11-7-9-12(19)10-8-11)17(25)23(18(26)20-16)13-5-3-2-4-6-13/h2-10H,1H3. The molecule has 0 fully saturated rings. The Labute approximate surface area is 161 Å². The summed E-state index contributed by atoms with van der Waals surface area (Å²) >= 11 is 3.34. The average Bonchev–Trinajstić information content (AvgIpc) is 2.66. The molecule has 8 nitrogen and oxygen atoms in total. The third kappa shape index (κ3) is 2.81. The summed E-state index contributed by atoms with van der Waals surface area (Å²) in [7, 11) is 1.53. The van der Waals surface area contributed by atoms with Crippen LogP contribution in [0.25, 0.3) is 28.6 Å². The number of aryl methyl sites for hydroxylation is 1. The monoisotopic (exact) mass is 425 g/mol. The minimum atomic E-state index is -0.771. The van der Waals surface area contributed by atoms with E-state index < -0.39 is 11.2 Å². The zero-order valence-electron chi connectivity index (χ0n) is 14.0. The third-order valence-electron chi connectivity index (χ3n) is 4.07. The molecule has 134 valence electrons. The van der Waals surface area contributed by atoms with E-state index in [4.69, 9.17) is 0 Å². The number of hydrogen-bond donors (Lipinski definition) is 0. The first kappa shape index (κ1) is 17.1. The molecule has 0 atom stereocenters. The van der Waals surface area contributed by atoms with Crippen molar-refractivity contribution in [2.45, 2.75) is 0 Å². The van der Waals surface area contributed by atoms with Crippen LogP contribution in [0.3, 0.4) is 0 Å². The second kappa shape index (κ2) is 6.44. The first-order chi connectivity index (χ1) is 13.0. The van der Waals surface area contributed by atoms with Crippen molar-refractivity contribution in [2.24, 2.45) is 7.05 Å². The normalized spacial score (nSPS) is 11.0. The summed E-state index contributed by atoms with van der Waals surface area (Å²) in [5, 5.41) is 17.1. The van der Waals surface area contributed by atoms with Crippen molar-refractivity contribution >= 4 is 15.9 Å². The van der Waals surface area contributed by atoms with Gasteiger partial charge in [-0.15, -0.1) is 0 Å². The van der Waals surface area contributed by atoms with Gasteiger partial charge in [-0.3, -0.25) is 4.79 Å². The molecule has 0 radical (unpaired) electrons. The van der Waals surface area contributed by atoms with Gasteiger partial charge in [0, 0.05) is 4.47 Å². The zero-order valence-corrected chi connectivity index (χ0v) is 15.6. The molecular formula is C18H12BrN5O3. The lowest BCUT2D eigenvalue weighted by molar-refractivity contribution is -0.587. The molecule has 0 unspecified atom stereocenters. The number of nitrogens with zero attached hydrogens (tertiary/aromatic N) is 5. The van der Waals surface area contributed by atoms with Crippen molar-refractivity contribution in [3.8, 4) is 28.6 Å². The van der Waals surface area contributed by atoms with Gasteiger partial charge in [-0.2, -0.15) is 9.67 Å². The van der Waals surface area contributed by atoms with Gasteiger partial charge in [-0.25, -0.2) is 14.1 Å². The van der Waals surface area contributed by atoms with Crippen LogP contribution in [-0.4, -0.2) is 19.3 Å². The summed E-state index contributed by atoms with van der Waals surface area (Å²) in [5.41, 5.74) is -0.905. The highest BCUT2D eigenvalue weighted by molar-refractivity contribution is 9.10. The summed E-state index contributed by atoms with van der Waals surface area (Å²) < 4.78 is 3.41. The Balaban J connectivity index is 2.08. The fourth-order valence-corrected chi connectivity index (χ4v) is 3.06. The van der Waals surface area contributed by atoms with E-state index in [1.807, 2.05) is 0 Å². The summed E-state index contributed by atoms with van der Waals surface area (Å²) in [6, 6.07) is 15.3. The topological polar surface area (TPSA) is 96.7 Å². The van der Waals surface area contributed by atoms with Gasteiger partial charge >= 0.3 is 17.1 Å². The molecule has 27 heavy (non-hydrogen) atoms. The van der Waals surface area contributed by atoms with Crippen LogP contribution >= 0.6 is 15.9 Å². The quantitative estimate of drug-likeness (QED) is 0.358. The van der Waals surface area contributed by atoms with E-state index in [2.05, 4.69) is 26.0 Å². The minimum Gasteiger partial charge on any atom is -0.710 e. The number of aromatic nitrogens is 5. The number of halogens is 1. The molecule has 2 aliphatic rings. The Hall–Kier alpha value is -3.33. The van der Waals surface area contributed by atoms with Crippen LogP contribution in [0.15, 0.2) is 68.7 Å². The van der Waals surface area contributed by atoms with E-state index in [1.165, 1.54) is 11.7 Å². The highest BCUT2D eigenvalue weighted by Crippen LogP contribution is 2.19. The van der Waals surface area contributed by atoms with Crippen LogP contribution in [0, 0.1) is 5.21 Å². The van der Waals surface area contributed by atoms with Gasteiger partial charge < -0.3 is 5.21 Å². The SMILES string of the molecule is Cn1nc(-c2ccc(Br)cc2)[n+]([O-])c2c(=O)n(-c3ccccc3)c(=O)nc1-2.